The normalized spacial score (nSPS) is 16.9. The third-order valence-corrected chi connectivity index (χ3v) is 6.88. The summed E-state index contributed by atoms with van der Waals surface area (Å²) in [6.45, 7) is 9.23. The van der Waals surface area contributed by atoms with Crippen LogP contribution in [0.15, 0.2) is 58.1 Å². The predicted molar refractivity (Wildman–Crippen MR) is 137 cm³/mol. The van der Waals surface area contributed by atoms with E-state index in [4.69, 9.17) is 9.47 Å². The minimum Gasteiger partial charge on any atom is -0.494 e. The highest BCUT2D eigenvalue weighted by molar-refractivity contribution is 5.96. The van der Waals surface area contributed by atoms with Crippen LogP contribution < -0.4 is 16.0 Å². The molecule has 7 nitrogen and oxygen atoms in total. The molecule has 5 rings (SSSR count). The van der Waals surface area contributed by atoms with Crippen molar-refractivity contribution in [1.29, 1.82) is 0 Å². The fraction of sp³-hybridized carbons (Fsp3) is 0.357. The summed E-state index contributed by atoms with van der Waals surface area (Å²) < 4.78 is 17.1. The maximum absolute atomic E-state index is 13.6. The first-order chi connectivity index (χ1) is 16.7. The first kappa shape index (κ1) is 23.2. The molecule has 0 saturated carbocycles. The Kier molecular flexibility index (Phi) is 5.48. The van der Waals surface area contributed by atoms with E-state index in [0.717, 1.165) is 33.8 Å². The zero-order chi connectivity index (χ0) is 25.1. The molecule has 4 aromatic rings. The van der Waals surface area contributed by atoms with Crippen LogP contribution in [0.5, 0.6) is 5.75 Å². The number of aromatic nitrogens is 3. The highest BCUT2D eigenvalue weighted by Crippen LogP contribution is 2.45. The second-order valence-corrected chi connectivity index (χ2v) is 9.87. The highest BCUT2D eigenvalue weighted by atomic mass is 16.5. The van der Waals surface area contributed by atoms with E-state index in [2.05, 4.69) is 18.4 Å². The van der Waals surface area contributed by atoms with Crippen molar-refractivity contribution in [3.05, 3.63) is 86.2 Å². The summed E-state index contributed by atoms with van der Waals surface area (Å²) >= 11 is 0. The third kappa shape index (κ3) is 3.53. The molecule has 1 atom stereocenters. The van der Waals surface area contributed by atoms with Gasteiger partial charge in [-0.25, -0.2) is 4.79 Å². The maximum atomic E-state index is 13.6. The summed E-state index contributed by atoms with van der Waals surface area (Å²) in [5.74, 6) is 0.786. The number of rotatable bonds is 4. The van der Waals surface area contributed by atoms with Crippen molar-refractivity contribution in [1.82, 2.24) is 13.7 Å². The molecule has 1 aliphatic rings. The topological polar surface area (TPSA) is 67.4 Å². The minimum atomic E-state index is -0.447. The second kappa shape index (κ2) is 8.27. The van der Waals surface area contributed by atoms with Crippen LogP contribution in [0.1, 0.15) is 43.7 Å². The van der Waals surface area contributed by atoms with Gasteiger partial charge in [0.25, 0.3) is 5.56 Å². The van der Waals surface area contributed by atoms with Crippen LogP contribution in [0.2, 0.25) is 0 Å². The highest BCUT2D eigenvalue weighted by Gasteiger charge is 2.40. The lowest BCUT2D eigenvalue weighted by atomic mass is 9.98. The monoisotopic (exact) mass is 473 g/mol. The summed E-state index contributed by atoms with van der Waals surface area (Å²) in [4.78, 5) is 26.7. The number of ether oxygens (including phenoxy) is 2. The van der Waals surface area contributed by atoms with E-state index in [1.54, 1.807) is 11.6 Å². The molecule has 0 fully saturated rings. The van der Waals surface area contributed by atoms with Crippen LogP contribution in [-0.2, 0) is 24.4 Å². The summed E-state index contributed by atoms with van der Waals surface area (Å²) in [5, 5.41) is 0.531. The Labute approximate surface area is 204 Å². The fourth-order valence-electron chi connectivity index (χ4n) is 5.14. The van der Waals surface area contributed by atoms with Crippen molar-refractivity contribution in [3.63, 3.8) is 0 Å². The number of hydrogen-bond acceptors (Lipinski definition) is 4. The van der Waals surface area contributed by atoms with Crippen LogP contribution in [0.25, 0.3) is 22.2 Å². The third-order valence-electron chi connectivity index (χ3n) is 6.88. The Bertz CT molecular complexity index is 1540. The van der Waals surface area contributed by atoms with Crippen molar-refractivity contribution >= 4 is 10.9 Å². The zero-order valence-electron chi connectivity index (χ0n) is 21.1. The van der Waals surface area contributed by atoms with Gasteiger partial charge in [0.15, 0.2) is 0 Å². The Hall–Kier alpha value is -3.58. The van der Waals surface area contributed by atoms with Gasteiger partial charge in [-0.3, -0.25) is 13.9 Å². The van der Waals surface area contributed by atoms with Gasteiger partial charge in [-0.2, -0.15) is 0 Å². The van der Waals surface area contributed by atoms with Crippen LogP contribution in [0.3, 0.4) is 0 Å². The summed E-state index contributed by atoms with van der Waals surface area (Å²) in [6.07, 6.45) is -0.446. The smallest absolute Gasteiger partial charge is 0.331 e. The van der Waals surface area contributed by atoms with E-state index < -0.39 is 11.6 Å². The quantitative estimate of drug-likeness (QED) is 0.444. The maximum Gasteiger partial charge on any atom is 0.331 e. The van der Waals surface area contributed by atoms with Crippen molar-refractivity contribution in [3.8, 4) is 17.0 Å². The van der Waals surface area contributed by atoms with E-state index in [1.807, 2.05) is 62.4 Å². The van der Waals surface area contributed by atoms with Gasteiger partial charge in [0, 0.05) is 14.1 Å². The molecule has 182 valence electrons. The van der Waals surface area contributed by atoms with Gasteiger partial charge in [-0.05, 0) is 51.0 Å². The number of hydrogen-bond donors (Lipinski definition) is 0. The second-order valence-electron chi connectivity index (χ2n) is 9.87. The van der Waals surface area contributed by atoms with Gasteiger partial charge in [-0.15, -0.1) is 0 Å². The van der Waals surface area contributed by atoms with Crippen molar-refractivity contribution in [2.75, 3.05) is 13.2 Å². The van der Waals surface area contributed by atoms with E-state index in [9.17, 15) is 9.59 Å². The van der Waals surface area contributed by atoms with Gasteiger partial charge in [0.1, 0.15) is 11.9 Å². The molecule has 35 heavy (non-hydrogen) atoms. The van der Waals surface area contributed by atoms with E-state index in [-0.39, 0.29) is 11.2 Å². The lowest BCUT2D eigenvalue weighted by molar-refractivity contribution is -0.00709. The first-order valence-electron chi connectivity index (χ1n) is 11.9. The molecular formula is C28H31N3O4. The van der Waals surface area contributed by atoms with Gasteiger partial charge < -0.3 is 14.0 Å². The number of fused-ring (bicyclic) bond motifs is 3. The van der Waals surface area contributed by atoms with Gasteiger partial charge >= 0.3 is 5.69 Å². The number of benzene rings is 2. The molecule has 0 saturated heterocycles. The first-order valence-corrected chi connectivity index (χ1v) is 11.9. The molecule has 1 aliphatic heterocycles. The summed E-state index contributed by atoms with van der Waals surface area (Å²) in [7, 11) is 3.26. The molecule has 0 aliphatic carbocycles. The fourth-order valence-corrected chi connectivity index (χ4v) is 5.14. The van der Waals surface area contributed by atoms with Gasteiger partial charge in [0.05, 0.1) is 41.0 Å². The molecule has 7 heteroatoms. The zero-order valence-corrected chi connectivity index (χ0v) is 21.1. The lowest BCUT2D eigenvalue weighted by Crippen LogP contribution is -2.40. The molecule has 0 amide bonds. The molecule has 3 heterocycles. The van der Waals surface area contributed by atoms with Crippen molar-refractivity contribution in [2.24, 2.45) is 14.1 Å². The Morgan fingerprint density at radius 2 is 1.66 bits per heavy atom. The molecule has 0 spiro atoms. The van der Waals surface area contributed by atoms with Crippen LogP contribution in [-0.4, -0.2) is 26.9 Å². The largest absolute Gasteiger partial charge is 0.494 e. The van der Waals surface area contributed by atoms with Crippen LogP contribution in [0, 0.1) is 6.92 Å². The standard InChI is InChI=1S/C28H31N3O4/c1-7-34-20-14-12-19(13-15-20)25-24-23-21(26(32)30(6)27(33)29(23)5)22(18-10-8-17(2)9-11-18)31(24)28(3,4)16-35-25/h8-15,25H,7,16H2,1-6H3/t25-/m1/s1. The number of aryl methyl sites for hydroxylation is 2. The predicted octanol–water partition coefficient (Wildman–Crippen LogP) is 4.27. The molecule has 2 aromatic carbocycles. The molecule has 0 bridgehead atoms. The molecule has 2 aromatic heterocycles. The average Bonchev–Trinajstić information content (AvgIpc) is 3.20. The van der Waals surface area contributed by atoms with Gasteiger partial charge in [0.2, 0.25) is 0 Å². The number of nitrogens with zero attached hydrogens (tertiary/aromatic N) is 3. The molecule has 0 unspecified atom stereocenters. The van der Waals surface area contributed by atoms with Crippen molar-refractivity contribution in [2.45, 2.75) is 39.3 Å². The minimum absolute atomic E-state index is 0.304. The van der Waals surface area contributed by atoms with E-state index in [1.165, 1.54) is 11.6 Å². The Balaban J connectivity index is 1.91. The van der Waals surface area contributed by atoms with Crippen LogP contribution in [0.4, 0.5) is 0 Å². The summed E-state index contributed by atoms with van der Waals surface area (Å²) in [5.41, 5.74) is 4.14. The van der Waals surface area contributed by atoms with Crippen molar-refractivity contribution < 1.29 is 9.47 Å². The average molecular weight is 474 g/mol. The van der Waals surface area contributed by atoms with Gasteiger partial charge in [-0.1, -0.05) is 42.0 Å². The molecular weight excluding hydrogens is 442 g/mol. The molecule has 0 radical (unpaired) electrons. The lowest BCUT2D eigenvalue weighted by Gasteiger charge is -2.39. The van der Waals surface area contributed by atoms with E-state index in [0.29, 0.717) is 24.1 Å². The molecule has 0 N–H and O–H groups in total. The Morgan fingerprint density at radius 1 is 1.00 bits per heavy atom. The Morgan fingerprint density at radius 3 is 2.29 bits per heavy atom. The van der Waals surface area contributed by atoms with E-state index >= 15 is 0 Å². The summed E-state index contributed by atoms with van der Waals surface area (Å²) in [6, 6.07) is 16.0. The SMILES string of the molecule is CCOc1ccc([C@H]2OCC(C)(C)n3c(-c4ccc(C)cc4)c4c(=O)n(C)c(=O)n(C)c4c32)cc1. The van der Waals surface area contributed by atoms with Crippen LogP contribution >= 0.6 is 0 Å².